The predicted molar refractivity (Wildman–Crippen MR) is 76.6 cm³/mol. The highest BCUT2D eigenvalue weighted by atomic mass is 35.5. The molecule has 0 aliphatic carbocycles. The Kier molecular flexibility index (Phi) is 5.81. The van der Waals surface area contributed by atoms with Crippen LogP contribution in [0.2, 0.25) is 0 Å². The van der Waals surface area contributed by atoms with E-state index in [2.05, 4.69) is 5.32 Å². The molecule has 1 N–H and O–H groups in total. The number of halogens is 5. The van der Waals surface area contributed by atoms with Crippen LogP contribution < -0.4 is 5.32 Å². The quantitative estimate of drug-likeness (QED) is 0.797. The second kappa shape index (κ2) is 6.83. The lowest BCUT2D eigenvalue weighted by Gasteiger charge is -2.37. The van der Waals surface area contributed by atoms with Crippen LogP contribution in [0.4, 0.5) is 17.6 Å². The molecule has 1 saturated heterocycles. The van der Waals surface area contributed by atoms with E-state index in [1.165, 1.54) is 4.90 Å². The van der Waals surface area contributed by atoms with E-state index in [1.54, 1.807) is 6.92 Å². The first kappa shape index (κ1) is 18.7. The summed E-state index contributed by atoms with van der Waals surface area (Å²) in [5, 5.41) is 3.15. The van der Waals surface area contributed by atoms with E-state index in [-0.39, 0.29) is 24.5 Å². The highest BCUT2D eigenvalue weighted by Crippen LogP contribution is 2.32. The van der Waals surface area contributed by atoms with Gasteiger partial charge in [0.15, 0.2) is 0 Å². The number of alkyl halides is 3. The first-order chi connectivity index (χ1) is 9.71. The summed E-state index contributed by atoms with van der Waals surface area (Å²) in [4.78, 5) is 13.7. The maximum Gasteiger partial charge on any atom is 0.419 e. The maximum absolute atomic E-state index is 14.0. The zero-order valence-electron chi connectivity index (χ0n) is 12.1. The van der Waals surface area contributed by atoms with Crippen LogP contribution in [0.3, 0.4) is 0 Å². The average Bonchev–Trinajstić information content (AvgIpc) is 2.39. The summed E-state index contributed by atoms with van der Waals surface area (Å²) in [6, 6.07) is 2.58. The van der Waals surface area contributed by atoms with E-state index in [0.717, 1.165) is 12.1 Å². The van der Waals surface area contributed by atoms with Crippen LogP contribution in [0.15, 0.2) is 18.2 Å². The zero-order valence-corrected chi connectivity index (χ0v) is 12.9. The number of nitrogens with one attached hydrogen (secondary N) is 1. The van der Waals surface area contributed by atoms with Gasteiger partial charge in [0, 0.05) is 25.2 Å². The van der Waals surface area contributed by atoms with Crippen LogP contribution in [0, 0.1) is 5.82 Å². The van der Waals surface area contributed by atoms with Crippen molar-refractivity contribution in [3.63, 3.8) is 0 Å². The Morgan fingerprint density at radius 1 is 1.32 bits per heavy atom. The average molecular weight is 341 g/mol. The Labute approximate surface area is 132 Å². The smallest absolute Gasteiger partial charge is 0.333 e. The molecule has 0 bridgehead atoms. The van der Waals surface area contributed by atoms with E-state index < -0.39 is 29.0 Å². The predicted octanol–water partition coefficient (Wildman–Crippen LogP) is 3.09. The molecule has 3 nitrogen and oxygen atoms in total. The molecule has 8 heteroatoms. The highest BCUT2D eigenvalue weighted by molar-refractivity contribution is 5.95. The molecule has 2 atom stereocenters. The van der Waals surface area contributed by atoms with Crippen LogP contribution in [0.1, 0.15) is 29.8 Å². The van der Waals surface area contributed by atoms with Gasteiger partial charge in [-0.15, -0.1) is 12.4 Å². The molecule has 1 amide bonds. The van der Waals surface area contributed by atoms with E-state index in [4.69, 9.17) is 0 Å². The first-order valence-corrected chi connectivity index (χ1v) is 6.62. The minimum Gasteiger partial charge on any atom is -0.333 e. The van der Waals surface area contributed by atoms with Gasteiger partial charge in [0.25, 0.3) is 5.91 Å². The number of carbonyl (C=O) groups excluding carboxylic acids is 1. The number of nitrogens with zero attached hydrogens (tertiary/aromatic N) is 1. The summed E-state index contributed by atoms with van der Waals surface area (Å²) in [5.41, 5.74) is -1.95. The van der Waals surface area contributed by atoms with Crippen LogP contribution in [0.25, 0.3) is 0 Å². The molecule has 0 spiro atoms. The van der Waals surface area contributed by atoms with Gasteiger partial charge in [0.1, 0.15) is 5.82 Å². The SMILES string of the molecule is CC1CN(C(=O)c2cccc(C(F)(F)F)c2F)C(C)CN1.Cl. The second-order valence-electron chi connectivity index (χ2n) is 5.28. The number of carbonyl (C=O) groups is 1. The third kappa shape index (κ3) is 3.70. The van der Waals surface area contributed by atoms with Gasteiger partial charge in [-0.1, -0.05) is 6.07 Å². The monoisotopic (exact) mass is 340 g/mol. The summed E-state index contributed by atoms with van der Waals surface area (Å²) in [6.07, 6.45) is -4.82. The van der Waals surface area contributed by atoms with Crippen molar-refractivity contribution >= 4 is 18.3 Å². The molecule has 22 heavy (non-hydrogen) atoms. The molecule has 1 aliphatic heterocycles. The fourth-order valence-electron chi connectivity index (χ4n) is 2.38. The van der Waals surface area contributed by atoms with Gasteiger partial charge < -0.3 is 10.2 Å². The van der Waals surface area contributed by atoms with Crippen LogP contribution in [-0.2, 0) is 6.18 Å². The molecule has 0 aromatic heterocycles. The molecule has 1 fully saturated rings. The van der Waals surface area contributed by atoms with E-state index in [9.17, 15) is 22.4 Å². The van der Waals surface area contributed by atoms with Crippen molar-refractivity contribution in [2.45, 2.75) is 32.1 Å². The molecule has 0 radical (unpaired) electrons. The minimum absolute atomic E-state index is 0. The lowest BCUT2D eigenvalue weighted by molar-refractivity contribution is -0.140. The topological polar surface area (TPSA) is 32.3 Å². The molecule has 1 aromatic carbocycles. The number of hydrogen-bond acceptors (Lipinski definition) is 2. The van der Waals surface area contributed by atoms with Crippen molar-refractivity contribution in [2.24, 2.45) is 0 Å². The standard InChI is InChI=1S/C14H16F4N2O.ClH/c1-8-7-20(9(2)6-19-8)13(21)10-4-3-5-11(12(10)15)14(16,17)18;/h3-5,8-9,19H,6-7H2,1-2H3;1H. The van der Waals surface area contributed by atoms with Crippen molar-refractivity contribution in [3.05, 3.63) is 35.1 Å². The molecule has 124 valence electrons. The third-order valence-electron chi connectivity index (χ3n) is 3.56. The Morgan fingerprint density at radius 2 is 1.95 bits per heavy atom. The summed E-state index contributed by atoms with van der Waals surface area (Å²) in [7, 11) is 0. The van der Waals surface area contributed by atoms with Crippen LogP contribution in [0.5, 0.6) is 0 Å². The summed E-state index contributed by atoms with van der Waals surface area (Å²) in [6.45, 7) is 4.47. The van der Waals surface area contributed by atoms with Crippen molar-refractivity contribution in [1.29, 1.82) is 0 Å². The fourth-order valence-corrected chi connectivity index (χ4v) is 2.38. The maximum atomic E-state index is 14.0. The fraction of sp³-hybridized carbons (Fsp3) is 0.500. The van der Waals surface area contributed by atoms with Gasteiger partial charge in [-0.3, -0.25) is 4.79 Å². The molecule has 1 aliphatic rings. The first-order valence-electron chi connectivity index (χ1n) is 6.62. The molecule has 2 unspecified atom stereocenters. The van der Waals surface area contributed by atoms with Crippen molar-refractivity contribution in [1.82, 2.24) is 10.2 Å². The molecular weight excluding hydrogens is 324 g/mol. The number of hydrogen-bond donors (Lipinski definition) is 1. The number of rotatable bonds is 1. The molecule has 1 aromatic rings. The Hall–Kier alpha value is -1.34. The van der Waals surface area contributed by atoms with Gasteiger partial charge in [0.2, 0.25) is 0 Å². The molecule has 0 saturated carbocycles. The van der Waals surface area contributed by atoms with Gasteiger partial charge >= 0.3 is 6.18 Å². The van der Waals surface area contributed by atoms with Gasteiger partial charge in [-0.05, 0) is 26.0 Å². The number of amides is 1. The van der Waals surface area contributed by atoms with Crippen LogP contribution in [-0.4, -0.2) is 36.0 Å². The molecule has 1 heterocycles. The van der Waals surface area contributed by atoms with E-state index in [0.29, 0.717) is 19.2 Å². The largest absolute Gasteiger partial charge is 0.419 e. The number of piperazine rings is 1. The van der Waals surface area contributed by atoms with Gasteiger partial charge in [-0.25, -0.2) is 4.39 Å². The summed E-state index contributed by atoms with van der Waals surface area (Å²) in [5.74, 6) is -2.21. The molecular formula is C14H17ClF4N2O. The van der Waals surface area contributed by atoms with Crippen molar-refractivity contribution in [3.8, 4) is 0 Å². The van der Waals surface area contributed by atoms with Crippen molar-refractivity contribution in [2.75, 3.05) is 13.1 Å². The molecule has 2 rings (SSSR count). The highest BCUT2D eigenvalue weighted by Gasteiger charge is 2.37. The Morgan fingerprint density at radius 3 is 2.55 bits per heavy atom. The third-order valence-corrected chi connectivity index (χ3v) is 3.56. The lowest BCUT2D eigenvalue weighted by Crippen LogP contribution is -2.56. The second-order valence-corrected chi connectivity index (χ2v) is 5.28. The zero-order chi connectivity index (χ0) is 15.8. The minimum atomic E-state index is -4.82. The van der Waals surface area contributed by atoms with Crippen molar-refractivity contribution < 1.29 is 22.4 Å². The van der Waals surface area contributed by atoms with Crippen LogP contribution >= 0.6 is 12.4 Å². The normalized spacial score (nSPS) is 22.2. The summed E-state index contributed by atoms with van der Waals surface area (Å²) >= 11 is 0. The summed E-state index contributed by atoms with van der Waals surface area (Å²) < 4.78 is 52.1. The lowest BCUT2D eigenvalue weighted by atomic mass is 10.1. The van der Waals surface area contributed by atoms with E-state index >= 15 is 0 Å². The van der Waals surface area contributed by atoms with Gasteiger partial charge in [0.05, 0.1) is 11.1 Å². The van der Waals surface area contributed by atoms with E-state index in [1.807, 2.05) is 6.92 Å². The Bertz CT molecular complexity index is 550. The Balaban J connectivity index is 0.00000242. The number of benzene rings is 1. The van der Waals surface area contributed by atoms with Gasteiger partial charge in [-0.2, -0.15) is 13.2 Å².